The summed E-state index contributed by atoms with van der Waals surface area (Å²) < 4.78 is 0. The predicted octanol–water partition coefficient (Wildman–Crippen LogP) is 2.30. The van der Waals surface area contributed by atoms with E-state index in [4.69, 9.17) is 0 Å². The zero-order chi connectivity index (χ0) is 13.2. The summed E-state index contributed by atoms with van der Waals surface area (Å²) in [6, 6.07) is 6.00. The highest BCUT2D eigenvalue weighted by atomic mass is 32.2. The molecule has 0 bridgehead atoms. The molecule has 5 nitrogen and oxygen atoms in total. The molecule has 0 aliphatic rings. The van der Waals surface area contributed by atoms with Crippen molar-refractivity contribution in [2.75, 3.05) is 0 Å². The van der Waals surface area contributed by atoms with Crippen LogP contribution in [0.1, 0.15) is 11.1 Å². The van der Waals surface area contributed by atoms with Crippen LogP contribution in [0.2, 0.25) is 0 Å². The molecule has 0 amide bonds. The Morgan fingerprint density at radius 2 is 2.16 bits per heavy atom. The maximum Gasteiger partial charge on any atom is 0.181 e. The number of rotatable bonds is 3. The fraction of sp³-hybridized carbons (Fsp3) is 0.154. The Labute approximate surface area is 114 Å². The van der Waals surface area contributed by atoms with Crippen LogP contribution in [-0.4, -0.2) is 25.0 Å². The quantitative estimate of drug-likeness (QED) is 0.716. The van der Waals surface area contributed by atoms with Crippen LogP contribution in [0.4, 0.5) is 0 Å². The van der Waals surface area contributed by atoms with Crippen molar-refractivity contribution in [1.29, 1.82) is 0 Å². The fourth-order valence-corrected chi connectivity index (χ4v) is 2.81. The van der Waals surface area contributed by atoms with Crippen LogP contribution >= 0.6 is 11.8 Å². The molecule has 2 N–H and O–H groups in total. The molecular weight excluding hydrogens is 260 g/mol. The van der Waals surface area contributed by atoms with Crippen molar-refractivity contribution < 1.29 is 5.11 Å². The van der Waals surface area contributed by atoms with Gasteiger partial charge < -0.3 is 10.1 Å². The minimum absolute atomic E-state index is 0.0151. The van der Waals surface area contributed by atoms with Crippen LogP contribution in [0.5, 0.6) is 0 Å². The van der Waals surface area contributed by atoms with Crippen LogP contribution in [0, 0.1) is 6.92 Å². The van der Waals surface area contributed by atoms with Crippen molar-refractivity contribution in [3.8, 4) is 0 Å². The highest BCUT2D eigenvalue weighted by molar-refractivity contribution is 7.99. The van der Waals surface area contributed by atoms with Gasteiger partial charge in [-0.25, -0.2) is 15.0 Å². The molecule has 3 aromatic rings. The lowest BCUT2D eigenvalue weighted by atomic mass is 10.1. The smallest absolute Gasteiger partial charge is 0.181 e. The number of fused-ring (bicyclic) bond motifs is 1. The molecule has 0 saturated heterocycles. The van der Waals surface area contributed by atoms with Gasteiger partial charge in [0.25, 0.3) is 0 Å². The summed E-state index contributed by atoms with van der Waals surface area (Å²) in [5.41, 5.74) is 3.49. The molecule has 96 valence electrons. The number of aliphatic hydroxyl groups is 1. The first-order valence-corrected chi connectivity index (χ1v) is 6.62. The van der Waals surface area contributed by atoms with Crippen molar-refractivity contribution in [2.45, 2.75) is 23.5 Å². The van der Waals surface area contributed by atoms with Gasteiger partial charge in [-0.1, -0.05) is 29.5 Å². The van der Waals surface area contributed by atoms with Gasteiger partial charge in [0.1, 0.15) is 16.9 Å². The first-order valence-electron chi connectivity index (χ1n) is 5.80. The SMILES string of the molecule is Cc1ccc(Sc2ncnc3nc[nH]c23)c(CO)c1. The average Bonchev–Trinajstić information content (AvgIpc) is 2.90. The zero-order valence-electron chi connectivity index (χ0n) is 10.3. The zero-order valence-corrected chi connectivity index (χ0v) is 11.1. The third-order valence-corrected chi connectivity index (χ3v) is 3.90. The van der Waals surface area contributed by atoms with Crippen LogP contribution in [0.15, 0.2) is 40.8 Å². The average molecular weight is 272 g/mol. The lowest BCUT2D eigenvalue weighted by Gasteiger charge is -2.07. The van der Waals surface area contributed by atoms with E-state index >= 15 is 0 Å². The van der Waals surface area contributed by atoms with E-state index in [0.717, 1.165) is 26.6 Å². The number of imidazole rings is 1. The molecule has 0 aliphatic heterocycles. The van der Waals surface area contributed by atoms with Crippen LogP contribution in [0.3, 0.4) is 0 Å². The van der Waals surface area contributed by atoms with Gasteiger partial charge in [0, 0.05) is 4.90 Å². The molecule has 2 heterocycles. The minimum Gasteiger partial charge on any atom is -0.392 e. The number of nitrogens with zero attached hydrogens (tertiary/aromatic N) is 3. The van der Waals surface area contributed by atoms with E-state index in [1.54, 1.807) is 6.33 Å². The fourth-order valence-electron chi connectivity index (χ4n) is 1.86. The lowest BCUT2D eigenvalue weighted by Crippen LogP contribution is -1.91. The Hall–Kier alpha value is -1.92. The van der Waals surface area contributed by atoms with Gasteiger partial charge in [0.2, 0.25) is 0 Å². The summed E-state index contributed by atoms with van der Waals surface area (Å²) in [7, 11) is 0. The topological polar surface area (TPSA) is 74.7 Å². The van der Waals surface area contributed by atoms with Crippen LogP contribution < -0.4 is 0 Å². The second-order valence-electron chi connectivity index (χ2n) is 4.15. The number of hydrogen-bond donors (Lipinski definition) is 2. The molecule has 0 atom stereocenters. The first-order chi connectivity index (χ1) is 9.28. The molecule has 19 heavy (non-hydrogen) atoms. The summed E-state index contributed by atoms with van der Waals surface area (Å²) in [4.78, 5) is 16.5. The normalized spacial score (nSPS) is 11.1. The molecule has 0 spiro atoms. The Kier molecular flexibility index (Phi) is 3.18. The molecule has 0 fully saturated rings. The summed E-state index contributed by atoms with van der Waals surface area (Å²) in [5.74, 6) is 0. The summed E-state index contributed by atoms with van der Waals surface area (Å²) >= 11 is 1.50. The maximum atomic E-state index is 9.43. The Morgan fingerprint density at radius 1 is 1.26 bits per heavy atom. The molecule has 6 heteroatoms. The number of aliphatic hydroxyl groups excluding tert-OH is 1. The number of aryl methyl sites for hydroxylation is 1. The van der Waals surface area contributed by atoms with Crippen LogP contribution in [0.25, 0.3) is 11.2 Å². The van der Waals surface area contributed by atoms with E-state index < -0.39 is 0 Å². The number of aromatic nitrogens is 4. The lowest BCUT2D eigenvalue weighted by molar-refractivity contribution is 0.279. The van der Waals surface area contributed by atoms with Gasteiger partial charge in [0.15, 0.2) is 5.65 Å². The standard InChI is InChI=1S/C13H12N4OS/c1-8-2-3-10(9(4-8)5-18)19-13-11-12(15-6-14-11)16-7-17-13/h2-4,6-7,18H,5H2,1H3,(H,14,15,16,17). The molecule has 0 unspecified atom stereocenters. The molecule has 0 radical (unpaired) electrons. The number of H-pyrrole nitrogens is 1. The van der Waals surface area contributed by atoms with Crippen molar-refractivity contribution in [3.63, 3.8) is 0 Å². The third-order valence-electron chi connectivity index (χ3n) is 2.78. The van der Waals surface area contributed by atoms with Gasteiger partial charge in [-0.3, -0.25) is 0 Å². The molecule has 3 rings (SSSR count). The van der Waals surface area contributed by atoms with Gasteiger partial charge in [0.05, 0.1) is 12.9 Å². The number of aromatic amines is 1. The van der Waals surface area contributed by atoms with E-state index in [2.05, 4.69) is 19.9 Å². The highest BCUT2D eigenvalue weighted by Gasteiger charge is 2.10. The van der Waals surface area contributed by atoms with E-state index in [-0.39, 0.29) is 6.61 Å². The van der Waals surface area contributed by atoms with Crippen molar-refractivity contribution in [2.24, 2.45) is 0 Å². The predicted molar refractivity (Wildman–Crippen MR) is 72.9 cm³/mol. The van der Waals surface area contributed by atoms with E-state index in [9.17, 15) is 5.11 Å². The number of hydrogen-bond acceptors (Lipinski definition) is 5. The second kappa shape index (κ2) is 4.99. The summed E-state index contributed by atoms with van der Waals surface area (Å²) in [5, 5.41) is 10.2. The molecule has 0 saturated carbocycles. The number of benzene rings is 1. The third kappa shape index (κ3) is 2.32. The van der Waals surface area contributed by atoms with E-state index in [1.807, 2.05) is 25.1 Å². The van der Waals surface area contributed by atoms with Gasteiger partial charge in [-0.2, -0.15) is 0 Å². The molecule has 1 aromatic carbocycles. The summed E-state index contributed by atoms with van der Waals surface area (Å²) in [6.45, 7) is 2.02. The van der Waals surface area contributed by atoms with E-state index in [1.165, 1.54) is 18.1 Å². The molecule has 2 aromatic heterocycles. The number of nitrogens with one attached hydrogen (secondary N) is 1. The monoisotopic (exact) mass is 272 g/mol. The molecular formula is C13H12N4OS. The van der Waals surface area contributed by atoms with Crippen molar-refractivity contribution >= 4 is 22.9 Å². The molecule has 0 aliphatic carbocycles. The van der Waals surface area contributed by atoms with Crippen molar-refractivity contribution in [1.82, 2.24) is 19.9 Å². The highest BCUT2D eigenvalue weighted by Crippen LogP contribution is 2.32. The second-order valence-corrected chi connectivity index (χ2v) is 5.18. The summed E-state index contributed by atoms with van der Waals surface area (Å²) in [6.07, 6.45) is 3.10. The maximum absolute atomic E-state index is 9.43. The minimum atomic E-state index is 0.0151. The largest absolute Gasteiger partial charge is 0.392 e. The van der Waals surface area contributed by atoms with Gasteiger partial charge >= 0.3 is 0 Å². The van der Waals surface area contributed by atoms with Crippen LogP contribution in [-0.2, 0) is 6.61 Å². The van der Waals surface area contributed by atoms with Gasteiger partial charge in [-0.15, -0.1) is 0 Å². The Morgan fingerprint density at radius 3 is 3.00 bits per heavy atom. The Bertz CT molecular complexity index is 725. The first kappa shape index (κ1) is 12.1. The van der Waals surface area contributed by atoms with Gasteiger partial charge in [-0.05, 0) is 18.6 Å². The Balaban J connectivity index is 2.03. The van der Waals surface area contributed by atoms with E-state index in [0.29, 0.717) is 5.65 Å². The van der Waals surface area contributed by atoms with Crippen molar-refractivity contribution in [3.05, 3.63) is 42.0 Å².